The van der Waals surface area contributed by atoms with Crippen LogP contribution in [-0.2, 0) is 0 Å². The monoisotopic (exact) mass is 195 g/mol. The fourth-order valence-electron chi connectivity index (χ4n) is 1.13. The SMILES string of the molecule is CCN(CC)c1nccc(C(=O)O)n1. The minimum Gasteiger partial charge on any atom is -0.477 e. The fraction of sp³-hybridized carbons (Fsp3) is 0.444. The highest BCUT2D eigenvalue weighted by molar-refractivity contribution is 5.85. The van der Waals surface area contributed by atoms with Crippen LogP contribution in [0.1, 0.15) is 24.3 Å². The zero-order chi connectivity index (χ0) is 10.6. The number of aromatic carboxylic acids is 1. The molecule has 1 heterocycles. The van der Waals surface area contributed by atoms with Gasteiger partial charge in [0.05, 0.1) is 0 Å². The number of hydrogen-bond donors (Lipinski definition) is 1. The molecule has 0 amide bonds. The van der Waals surface area contributed by atoms with E-state index in [9.17, 15) is 4.79 Å². The van der Waals surface area contributed by atoms with Gasteiger partial charge in [0.1, 0.15) is 0 Å². The zero-order valence-corrected chi connectivity index (χ0v) is 8.27. The smallest absolute Gasteiger partial charge is 0.354 e. The molecule has 1 aromatic rings. The molecule has 0 aliphatic rings. The minimum absolute atomic E-state index is 0.0295. The highest BCUT2D eigenvalue weighted by Gasteiger charge is 2.09. The van der Waals surface area contributed by atoms with Gasteiger partial charge in [0, 0.05) is 19.3 Å². The molecule has 0 spiro atoms. The summed E-state index contributed by atoms with van der Waals surface area (Å²) in [6, 6.07) is 1.38. The third-order valence-electron chi connectivity index (χ3n) is 1.91. The summed E-state index contributed by atoms with van der Waals surface area (Å²) in [5, 5.41) is 8.73. The molecule has 0 atom stereocenters. The van der Waals surface area contributed by atoms with Gasteiger partial charge in [-0.15, -0.1) is 0 Å². The molecule has 1 N–H and O–H groups in total. The Hall–Kier alpha value is -1.65. The Morgan fingerprint density at radius 1 is 1.50 bits per heavy atom. The van der Waals surface area contributed by atoms with E-state index >= 15 is 0 Å². The quantitative estimate of drug-likeness (QED) is 0.777. The number of carbonyl (C=O) groups is 1. The van der Waals surface area contributed by atoms with Crippen molar-refractivity contribution in [1.29, 1.82) is 0 Å². The molecule has 0 radical (unpaired) electrons. The second kappa shape index (κ2) is 4.55. The fourth-order valence-corrected chi connectivity index (χ4v) is 1.13. The van der Waals surface area contributed by atoms with Crippen molar-refractivity contribution in [3.63, 3.8) is 0 Å². The van der Waals surface area contributed by atoms with Crippen molar-refractivity contribution in [2.24, 2.45) is 0 Å². The highest BCUT2D eigenvalue weighted by atomic mass is 16.4. The van der Waals surface area contributed by atoms with E-state index in [1.807, 2.05) is 18.7 Å². The standard InChI is InChI=1S/C9H13N3O2/c1-3-12(4-2)9-10-6-5-7(11-9)8(13)14/h5-6H,3-4H2,1-2H3,(H,13,14). The highest BCUT2D eigenvalue weighted by Crippen LogP contribution is 2.06. The summed E-state index contributed by atoms with van der Waals surface area (Å²) in [6.07, 6.45) is 1.46. The summed E-state index contributed by atoms with van der Waals surface area (Å²) >= 11 is 0. The van der Waals surface area contributed by atoms with Crippen LogP contribution in [0.25, 0.3) is 0 Å². The molecule has 0 unspecified atom stereocenters. The van der Waals surface area contributed by atoms with Gasteiger partial charge in [0.25, 0.3) is 0 Å². The van der Waals surface area contributed by atoms with E-state index < -0.39 is 5.97 Å². The third-order valence-corrected chi connectivity index (χ3v) is 1.91. The van der Waals surface area contributed by atoms with Crippen LogP contribution in [0.5, 0.6) is 0 Å². The molecular weight excluding hydrogens is 182 g/mol. The lowest BCUT2D eigenvalue weighted by atomic mass is 10.4. The number of rotatable bonds is 4. The number of carboxylic acids is 1. The number of nitrogens with zero attached hydrogens (tertiary/aromatic N) is 3. The first-order chi connectivity index (χ1) is 6.69. The molecule has 0 aliphatic carbocycles. The molecule has 0 bridgehead atoms. The van der Waals surface area contributed by atoms with Crippen LogP contribution >= 0.6 is 0 Å². The van der Waals surface area contributed by atoms with E-state index in [2.05, 4.69) is 9.97 Å². The second-order valence-corrected chi connectivity index (χ2v) is 2.72. The summed E-state index contributed by atoms with van der Waals surface area (Å²) < 4.78 is 0. The Bertz CT molecular complexity index is 324. The summed E-state index contributed by atoms with van der Waals surface area (Å²) in [5.74, 6) is -0.560. The van der Waals surface area contributed by atoms with Gasteiger partial charge in [-0.1, -0.05) is 0 Å². The van der Waals surface area contributed by atoms with Gasteiger partial charge in [0.2, 0.25) is 5.95 Å². The Morgan fingerprint density at radius 3 is 2.64 bits per heavy atom. The van der Waals surface area contributed by atoms with E-state index in [1.165, 1.54) is 12.3 Å². The van der Waals surface area contributed by atoms with Gasteiger partial charge in [-0.3, -0.25) is 0 Å². The predicted molar refractivity (Wildman–Crippen MR) is 52.6 cm³/mol. The topological polar surface area (TPSA) is 66.3 Å². The first kappa shape index (κ1) is 10.4. The average Bonchev–Trinajstić information content (AvgIpc) is 2.20. The zero-order valence-electron chi connectivity index (χ0n) is 8.27. The molecular formula is C9H13N3O2. The summed E-state index contributed by atoms with van der Waals surface area (Å²) in [6.45, 7) is 5.47. The number of anilines is 1. The van der Waals surface area contributed by atoms with Crippen molar-refractivity contribution in [1.82, 2.24) is 9.97 Å². The van der Waals surface area contributed by atoms with E-state index in [0.717, 1.165) is 13.1 Å². The summed E-state index contributed by atoms with van der Waals surface area (Å²) in [4.78, 5) is 20.5. The summed E-state index contributed by atoms with van der Waals surface area (Å²) in [7, 11) is 0. The van der Waals surface area contributed by atoms with Gasteiger partial charge in [-0.05, 0) is 19.9 Å². The Morgan fingerprint density at radius 2 is 2.14 bits per heavy atom. The second-order valence-electron chi connectivity index (χ2n) is 2.72. The lowest BCUT2D eigenvalue weighted by Crippen LogP contribution is -2.24. The molecule has 76 valence electrons. The average molecular weight is 195 g/mol. The van der Waals surface area contributed by atoms with Crippen LogP contribution in [0.4, 0.5) is 5.95 Å². The molecule has 0 saturated carbocycles. The third kappa shape index (κ3) is 2.18. The van der Waals surface area contributed by atoms with Gasteiger partial charge < -0.3 is 10.0 Å². The summed E-state index contributed by atoms with van der Waals surface area (Å²) in [5.41, 5.74) is 0.0295. The molecule has 14 heavy (non-hydrogen) atoms. The van der Waals surface area contributed by atoms with Gasteiger partial charge >= 0.3 is 5.97 Å². The van der Waals surface area contributed by atoms with Crippen molar-refractivity contribution >= 4 is 11.9 Å². The van der Waals surface area contributed by atoms with Gasteiger partial charge in [0.15, 0.2) is 5.69 Å². The molecule has 0 aliphatic heterocycles. The number of aromatic nitrogens is 2. The van der Waals surface area contributed by atoms with Crippen LogP contribution in [0.2, 0.25) is 0 Å². The van der Waals surface area contributed by atoms with E-state index in [-0.39, 0.29) is 5.69 Å². The van der Waals surface area contributed by atoms with Crippen LogP contribution in [0, 0.1) is 0 Å². The number of carboxylic acid groups (broad SMARTS) is 1. The van der Waals surface area contributed by atoms with Crippen LogP contribution in [0.15, 0.2) is 12.3 Å². The van der Waals surface area contributed by atoms with Crippen molar-refractivity contribution in [3.05, 3.63) is 18.0 Å². The maximum atomic E-state index is 10.6. The Kier molecular flexibility index (Phi) is 3.39. The molecule has 0 saturated heterocycles. The maximum Gasteiger partial charge on any atom is 0.354 e. The number of hydrogen-bond acceptors (Lipinski definition) is 4. The molecule has 0 aromatic carbocycles. The van der Waals surface area contributed by atoms with Gasteiger partial charge in [-0.2, -0.15) is 0 Å². The lowest BCUT2D eigenvalue weighted by Gasteiger charge is -2.17. The van der Waals surface area contributed by atoms with Crippen LogP contribution in [-0.4, -0.2) is 34.1 Å². The Balaban J connectivity index is 2.98. The van der Waals surface area contributed by atoms with Crippen LogP contribution in [0.3, 0.4) is 0 Å². The molecule has 1 aromatic heterocycles. The lowest BCUT2D eigenvalue weighted by molar-refractivity contribution is 0.0690. The Labute approximate surface area is 82.4 Å². The van der Waals surface area contributed by atoms with Crippen LogP contribution < -0.4 is 4.90 Å². The first-order valence-corrected chi connectivity index (χ1v) is 4.50. The largest absolute Gasteiger partial charge is 0.477 e. The molecule has 5 nitrogen and oxygen atoms in total. The van der Waals surface area contributed by atoms with Crippen molar-refractivity contribution in [2.45, 2.75) is 13.8 Å². The van der Waals surface area contributed by atoms with Crippen molar-refractivity contribution < 1.29 is 9.90 Å². The molecule has 5 heteroatoms. The van der Waals surface area contributed by atoms with E-state index in [4.69, 9.17) is 5.11 Å². The van der Waals surface area contributed by atoms with E-state index in [0.29, 0.717) is 5.95 Å². The molecule has 0 fully saturated rings. The normalized spacial score (nSPS) is 9.86. The molecule has 1 rings (SSSR count). The van der Waals surface area contributed by atoms with Crippen molar-refractivity contribution in [3.8, 4) is 0 Å². The van der Waals surface area contributed by atoms with Crippen molar-refractivity contribution in [2.75, 3.05) is 18.0 Å². The minimum atomic E-state index is -1.03. The maximum absolute atomic E-state index is 10.6. The first-order valence-electron chi connectivity index (χ1n) is 4.50. The van der Waals surface area contributed by atoms with E-state index in [1.54, 1.807) is 0 Å². The predicted octanol–water partition coefficient (Wildman–Crippen LogP) is 1.02. The van der Waals surface area contributed by atoms with Gasteiger partial charge in [-0.25, -0.2) is 14.8 Å².